The molecule has 1 fully saturated rings. The molecule has 23 heavy (non-hydrogen) atoms. The van der Waals surface area contributed by atoms with E-state index in [1.165, 1.54) is 13.0 Å². The van der Waals surface area contributed by atoms with Crippen molar-refractivity contribution in [2.75, 3.05) is 25.1 Å². The molecule has 2 amide bonds. The van der Waals surface area contributed by atoms with E-state index in [1.807, 2.05) is 0 Å². The minimum Gasteiger partial charge on any atom is -0.452 e. The lowest BCUT2D eigenvalue weighted by atomic mass is 10.2. The van der Waals surface area contributed by atoms with E-state index in [1.54, 1.807) is 18.2 Å². The van der Waals surface area contributed by atoms with Crippen molar-refractivity contribution in [3.05, 3.63) is 29.8 Å². The summed E-state index contributed by atoms with van der Waals surface area (Å²) < 4.78 is 10.3. The molecule has 1 heterocycles. The van der Waals surface area contributed by atoms with E-state index < -0.39 is 5.97 Å². The van der Waals surface area contributed by atoms with Crippen LogP contribution >= 0.6 is 0 Å². The highest BCUT2D eigenvalue weighted by Gasteiger charge is 2.17. The lowest BCUT2D eigenvalue weighted by molar-refractivity contribution is -0.124. The smallest absolute Gasteiger partial charge is 0.338 e. The molecule has 0 spiro atoms. The third kappa shape index (κ3) is 5.71. The number of nitrogens with one attached hydrogen (secondary N) is 2. The van der Waals surface area contributed by atoms with Gasteiger partial charge in [-0.25, -0.2) is 4.79 Å². The van der Waals surface area contributed by atoms with Gasteiger partial charge in [0, 0.05) is 25.8 Å². The second kappa shape index (κ2) is 8.28. The number of hydrogen-bond donors (Lipinski definition) is 2. The van der Waals surface area contributed by atoms with Crippen LogP contribution in [0.3, 0.4) is 0 Å². The summed E-state index contributed by atoms with van der Waals surface area (Å²) in [7, 11) is 0. The molecular formula is C16H20N2O5. The van der Waals surface area contributed by atoms with Gasteiger partial charge in [-0.2, -0.15) is 0 Å². The van der Waals surface area contributed by atoms with Crippen molar-refractivity contribution < 1.29 is 23.9 Å². The normalized spacial score (nSPS) is 16.7. The highest BCUT2D eigenvalue weighted by molar-refractivity contribution is 5.94. The Morgan fingerprint density at radius 1 is 1.35 bits per heavy atom. The number of amides is 2. The summed E-state index contributed by atoms with van der Waals surface area (Å²) in [5.41, 5.74) is 0.762. The van der Waals surface area contributed by atoms with Crippen LogP contribution in [0.2, 0.25) is 0 Å². The summed E-state index contributed by atoms with van der Waals surface area (Å²) in [6.07, 6.45) is 1.97. The third-order valence-corrected chi connectivity index (χ3v) is 3.30. The average Bonchev–Trinajstić information content (AvgIpc) is 3.03. The molecule has 1 aromatic rings. The fourth-order valence-corrected chi connectivity index (χ4v) is 2.23. The van der Waals surface area contributed by atoms with Gasteiger partial charge in [-0.05, 0) is 31.0 Å². The van der Waals surface area contributed by atoms with Crippen LogP contribution in [0.4, 0.5) is 5.69 Å². The van der Waals surface area contributed by atoms with Gasteiger partial charge in [-0.15, -0.1) is 0 Å². The number of anilines is 1. The van der Waals surface area contributed by atoms with E-state index in [0.29, 0.717) is 12.2 Å². The maximum absolute atomic E-state index is 11.9. The average molecular weight is 320 g/mol. The molecular weight excluding hydrogens is 300 g/mol. The summed E-state index contributed by atoms with van der Waals surface area (Å²) in [5, 5.41) is 5.25. The zero-order chi connectivity index (χ0) is 16.7. The van der Waals surface area contributed by atoms with Gasteiger partial charge in [-0.3, -0.25) is 9.59 Å². The van der Waals surface area contributed by atoms with Crippen LogP contribution in [0.1, 0.15) is 30.1 Å². The molecule has 1 aliphatic heterocycles. The number of esters is 1. The molecule has 7 nitrogen and oxygen atoms in total. The Morgan fingerprint density at radius 2 is 2.17 bits per heavy atom. The molecule has 2 N–H and O–H groups in total. The van der Waals surface area contributed by atoms with Crippen molar-refractivity contribution in [1.29, 1.82) is 0 Å². The van der Waals surface area contributed by atoms with Gasteiger partial charge in [-0.1, -0.05) is 6.07 Å². The van der Waals surface area contributed by atoms with Crippen LogP contribution in [-0.4, -0.2) is 43.6 Å². The molecule has 2 rings (SSSR count). The number of carbonyl (C=O) groups is 3. The Morgan fingerprint density at radius 3 is 2.87 bits per heavy atom. The number of rotatable bonds is 6. The lowest BCUT2D eigenvalue weighted by Gasteiger charge is -2.11. The number of hydrogen-bond acceptors (Lipinski definition) is 5. The topological polar surface area (TPSA) is 93.7 Å². The fourth-order valence-electron chi connectivity index (χ4n) is 2.23. The molecule has 0 radical (unpaired) electrons. The first-order chi connectivity index (χ1) is 11.0. The molecule has 7 heteroatoms. The van der Waals surface area contributed by atoms with E-state index in [0.717, 1.165) is 19.4 Å². The summed E-state index contributed by atoms with van der Waals surface area (Å²) in [5.74, 6) is -1.22. The van der Waals surface area contributed by atoms with Crippen molar-refractivity contribution in [3.63, 3.8) is 0 Å². The molecule has 0 saturated carbocycles. The zero-order valence-corrected chi connectivity index (χ0v) is 13.0. The minimum atomic E-state index is -0.621. The van der Waals surface area contributed by atoms with Crippen molar-refractivity contribution in [2.45, 2.75) is 25.9 Å². The summed E-state index contributed by atoms with van der Waals surface area (Å²) in [6.45, 7) is 2.17. The predicted octanol–water partition coefficient (Wildman–Crippen LogP) is 1.10. The molecule has 0 bridgehead atoms. The highest BCUT2D eigenvalue weighted by atomic mass is 16.5. The van der Waals surface area contributed by atoms with Crippen LogP contribution in [0.25, 0.3) is 0 Å². The molecule has 1 saturated heterocycles. The molecule has 0 aromatic heterocycles. The standard InChI is InChI=1S/C16H20N2O5/c1-11(19)18-13-5-2-4-12(8-13)16(21)23-10-15(20)17-9-14-6-3-7-22-14/h2,4-5,8,14H,3,6-7,9-10H2,1H3,(H,17,20)(H,18,19). The monoisotopic (exact) mass is 320 g/mol. The Kier molecular flexibility index (Phi) is 6.10. The van der Waals surface area contributed by atoms with Gasteiger partial charge in [0.25, 0.3) is 5.91 Å². The van der Waals surface area contributed by atoms with E-state index in [9.17, 15) is 14.4 Å². The number of ether oxygens (including phenoxy) is 2. The molecule has 1 unspecified atom stereocenters. The van der Waals surface area contributed by atoms with E-state index in [2.05, 4.69) is 10.6 Å². The molecule has 1 aliphatic rings. The molecule has 1 aromatic carbocycles. The van der Waals surface area contributed by atoms with Gasteiger partial charge in [0.1, 0.15) is 0 Å². The first-order valence-electron chi connectivity index (χ1n) is 7.47. The van der Waals surface area contributed by atoms with Gasteiger partial charge in [0.15, 0.2) is 6.61 Å². The maximum atomic E-state index is 11.9. The summed E-state index contributed by atoms with van der Waals surface area (Å²) in [4.78, 5) is 34.6. The zero-order valence-electron chi connectivity index (χ0n) is 13.0. The van der Waals surface area contributed by atoms with Crippen LogP contribution < -0.4 is 10.6 Å². The molecule has 124 valence electrons. The van der Waals surface area contributed by atoms with Crippen molar-refractivity contribution in [1.82, 2.24) is 5.32 Å². The Hall–Kier alpha value is -2.41. The van der Waals surface area contributed by atoms with Crippen LogP contribution in [0.5, 0.6) is 0 Å². The second-order valence-electron chi connectivity index (χ2n) is 5.28. The number of carbonyl (C=O) groups excluding carboxylic acids is 3. The maximum Gasteiger partial charge on any atom is 0.338 e. The van der Waals surface area contributed by atoms with Gasteiger partial charge >= 0.3 is 5.97 Å². The number of benzene rings is 1. The largest absolute Gasteiger partial charge is 0.452 e. The fraction of sp³-hybridized carbons (Fsp3) is 0.438. The molecule has 0 aliphatic carbocycles. The summed E-state index contributed by atoms with van der Waals surface area (Å²) in [6, 6.07) is 6.33. The van der Waals surface area contributed by atoms with Gasteiger partial charge in [0.2, 0.25) is 5.91 Å². The van der Waals surface area contributed by atoms with E-state index in [-0.39, 0.29) is 30.1 Å². The van der Waals surface area contributed by atoms with Gasteiger partial charge in [0.05, 0.1) is 11.7 Å². The van der Waals surface area contributed by atoms with Crippen molar-refractivity contribution in [2.24, 2.45) is 0 Å². The van der Waals surface area contributed by atoms with E-state index >= 15 is 0 Å². The van der Waals surface area contributed by atoms with Crippen molar-refractivity contribution >= 4 is 23.5 Å². The van der Waals surface area contributed by atoms with E-state index in [4.69, 9.17) is 9.47 Å². The van der Waals surface area contributed by atoms with Crippen LogP contribution in [0, 0.1) is 0 Å². The quantitative estimate of drug-likeness (QED) is 0.766. The highest BCUT2D eigenvalue weighted by Crippen LogP contribution is 2.12. The minimum absolute atomic E-state index is 0.0454. The predicted molar refractivity (Wildman–Crippen MR) is 83.0 cm³/mol. The first kappa shape index (κ1) is 17.0. The summed E-state index contributed by atoms with van der Waals surface area (Å²) >= 11 is 0. The van der Waals surface area contributed by atoms with Crippen LogP contribution in [0.15, 0.2) is 24.3 Å². The van der Waals surface area contributed by atoms with Crippen LogP contribution in [-0.2, 0) is 19.1 Å². The van der Waals surface area contributed by atoms with Crippen molar-refractivity contribution in [3.8, 4) is 0 Å². The Bertz CT molecular complexity index is 582. The second-order valence-corrected chi connectivity index (χ2v) is 5.28. The first-order valence-corrected chi connectivity index (χ1v) is 7.47. The lowest BCUT2D eigenvalue weighted by Crippen LogP contribution is -2.34. The van der Waals surface area contributed by atoms with Gasteiger partial charge < -0.3 is 20.1 Å². The Labute approximate surface area is 134 Å². The third-order valence-electron chi connectivity index (χ3n) is 3.30. The Balaban J connectivity index is 1.77. The molecule has 1 atom stereocenters. The SMILES string of the molecule is CC(=O)Nc1cccc(C(=O)OCC(=O)NCC2CCCO2)c1.